The second-order valence-corrected chi connectivity index (χ2v) is 9.48. The average Bonchev–Trinajstić information content (AvgIpc) is 3.34. The molecule has 0 saturated heterocycles. The number of ether oxygens (including phenoxy) is 1. The summed E-state index contributed by atoms with van der Waals surface area (Å²) in [6.45, 7) is 8.17. The minimum absolute atomic E-state index is 0.102. The van der Waals surface area contributed by atoms with Crippen LogP contribution in [0.25, 0.3) is 0 Å². The number of hydrogen-bond acceptors (Lipinski definition) is 3. The van der Waals surface area contributed by atoms with E-state index in [0.717, 1.165) is 25.7 Å². The molecule has 154 valence electrons. The van der Waals surface area contributed by atoms with E-state index in [4.69, 9.17) is 4.74 Å². The number of carbonyl (C=O) groups excluding carboxylic acids is 1. The van der Waals surface area contributed by atoms with Crippen molar-refractivity contribution in [2.45, 2.75) is 123 Å². The van der Waals surface area contributed by atoms with Crippen LogP contribution < -0.4 is 0 Å². The number of unbranched alkanes of at least 4 members (excludes halogenated alkanes) is 4. The van der Waals surface area contributed by atoms with E-state index in [1.807, 2.05) is 0 Å². The fraction of sp³-hybridized carbons (Fsp3) is 0.957. The highest BCUT2D eigenvalue weighted by Gasteiger charge is 2.41. The van der Waals surface area contributed by atoms with E-state index in [0.29, 0.717) is 23.9 Å². The molecule has 1 unspecified atom stereocenters. The topological polar surface area (TPSA) is 46.5 Å². The highest BCUT2D eigenvalue weighted by Crippen LogP contribution is 2.52. The zero-order valence-electron chi connectivity index (χ0n) is 17.7. The van der Waals surface area contributed by atoms with Crippen LogP contribution in [0.1, 0.15) is 117 Å². The normalized spacial score (nSPS) is 17.1. The Kier molecular flexibility index (Phi) is 11.5. The van der Waals surface area contributed by atoms with Gasteiger partial charge < -0.3 is 9.84 Å². The minimum Gasteiger partial charge on any atom is -0.468 e. The van der Waals surface area contributed by atoms with Crippen LogP contribution in [0.15, 0.2) is 0 Å². The Morgan fingerprint density at radius 2 is 1.65 bits per heavy atom. The SMILES string of the molecule is CCCC(C)(C)CCCCCC(O)CCCCCC1(CCOC=O)CC1. The number of aliphatic hydroxyl groups is 1. The summed E-state index contributed by atoms with van der Waals surface area (Å²) in [7, 11) is 0. The number of rotatable bonds is 18. The lowest BCUT2D eigenvalue weighted by Crippen LogP contribution is -2.11. The smallest absolute Gasteiger partial charge is 0.293 e. The molecular formula is C23H44O3. The van der Waals surface area contributed by atoms with E-state index in [2.05, 4.69) is 20.8 Å². The third kappa shape index (κ3) is 11.2. The van der Waals surface area contributed by atoms with Crippen molar-refractivity contribution in [3.05, 3.63) is 0 Å². The lowest BCUT2D eigenvalue weighted by atomic mass is 9.82. The summed E-state index contributed by atoms with van der Waals surface area (Å²) in [4.78, 5) is 10.2. The Bertz CT molecular complexity index is 360. The van der Waals surface area contributed by atoms with Gasteiger partial charge >= 0.3 is 0 Å². The molecule has 0 spiro atoms. The Balaban J connectivity index is 1.92. The molecule has 0 radical (unpaired) electrons. The lowest BCUT2D eigenvalue weighted by molar-refractivity contribution is -0.129. The van der Waals surface area contributed by atoms with Gasteiger partial charge in [0, 0.05) is 0 Å². The molecule has 1 rings (SSSR count). The highest BCUT2D eigenvalue weighted by atomic mass is 16.5. The van der Waals surface area contributed by atoms with Gasteiger partial charge in [-0.1, -0.05) is 65.7 Å². The van der Waals surface area contributed by atoms with Crippen molar-refractivity contribution in [1.29, 1.82) is 0 Å². The summed E-state index contributed by atoms with van der Waals surface area (Å²) in [6, 6.07) is 0. The van der Waals surface area contributed by atoms with Crippen molar-refractivity contribution < 1.29 is 14.6 Å². The van der Waals surface area contributed by atoms with Crippen LogP contribution in [-0.4, -0.2) is 24.3 Å². The Labute approximate surface area is 162 Å². The van der Waals surface area contributed by atoms with Gasteiger partial charge in [-0.2, -0.15) is 0 Å². The molecule has 0 heterocycles. The zero-order chi connectivity index (χ0) is 19.3. The van der Waals surface area contributed by atoms with Gasteiger partial charge in [0.25, 0.3) is 6.47 Å². The quantitative estimate of drug-likeness (QED) is 0.224. The zero-order valence-corrected chi connectivity index (χ0v) is 17.7. The van der Waals surface area contributed by atoms with Gasteiger partial charge in [0.05, 0.1) is 12.7 Å². The maximum absolute atomic E-state index is 10.2. The number of aliphatic hydroxyl groups excluding tert-OH is 1. The minimum atomic E-state index is -0.102. The molecule has 1 saturated carbocycles. The molecule has 0 aromatic rings. The van der Waals surface area contributed by atoms with Crippen LogP contribution >= 0.6 is 0 Å². The summed E-state index contributed by atoms with van der Waals surface area (Å²) in [5.41, 5.74) is 0.971. The summed E-state index contributed by atoms with van der Waals surface area (Å²) in [6.07, 6.45) is 18.0. The van der Waals surface area contributed by atoms with Crippen LogP contribution in [0, 0.1) is 10.8 Å². The van der Waals surface area contributed by atoms with Crippen molar-refractivity contribution in [2.24, 2.45) is 10.8 Å². The van der Waals surface area contributed by atoms with Gasteiger partial charge in [-0.3, -0.25) is 4.79 Å². The van der Waals surface area contributed by atoms with Crippen molar-refractivity contribution in [2.75, 3.05) is 6.61 Å². The molecule has 0 aliphatic heterocycles. The summed E-state index contributed by atoms with van der Waals surface area (Å²) in [5.74, 6) is 0. The first kappa shape index (κ1) is 23.5. The molecule has 1 N–H and O–H groups in total. The number of carbonyl (C=O) groups is 1. The molecule has 1 fully saturated rings. The third-order valence-electron chi connectivity index (χ3n) is 6.34. The van der Waals surface area contributed by atoms with E-state index in [-0.39, 0.29) is 6.10 Å². The van der Waals surface area contributed by atoms with Gasteiger partial charge in [-0.25, -0.2) is 0 Å². The summed E-state index contributed by atoms with van der Waals surface area (Å²) in [5, 5.41) is 10.2. The Morgan fingerprint density at radius 3 is 2.23 bits per heavy atom. The summed E-state index contributed by atoms with van der Waals surface area (Å²) < 4.78 is 4.84. The van der Waals surface area contributed by atoms with Crippen molar-refractivity contribution in [3.8, 4) is 0 Å². The van der Waals surface area contributed by atoms with Crippen LogP contribution in [0.5, 0.6) is 0 Å². The summed E-state index contributed by atoms with van der Waals surface area (Å²) >= 11 is 0. The Morgan fingerprint density at radius 1 is 1.00 bits per heavy atom. The van der Waals surface area contributed by atoms with E-state index in [1.54, 1.807) is 0 Å². The standard InChI is InChI=1S/C23H44O3/c1-4-13-22(2,3)14-9-5-7-11-21(25)12-8-6-10-15-23(16-17-23)18-19-26-20-24/h20-21,25H,4-19H2,1-3H3. The molecule has 26 heavy (non-hydrogen) atoms. The molecule has 1 aliphatic carbocycles. The van der Waals surface area contributed by atoms with Crippen molar-refractivity contribution in [1.82, 2.24) is 0 Å². The second-order valence-electron chi connectivity index (χ2n) is 9.48. The monoisotopic (exact) mass is 368 g/mol. The first-order chi connectivity index (χ1) is 12.4. The fourth-order valence-electron chi connectivity index (χ4n) is 4.29. The van der Waals surface area contributed by atoms with Gasteiger partial charge in [-0.15, -0.1) is 0 Å². The molecule has 1 atom stereocenters. The van der Waals surface area contributed by atoms with E-state index in [1.165, 1.54) is 70.6 Å². The van der Waals surface area contributed by atoms with Gasteiger partial charge in [-0.05, 0) is 62.2 Å². The molecule has 3 heteroatoms. The maximum atomic E-state index is 10.2. The molecule has 0 aromatic heterocycles. The Hall–Kier alpha value is -0.570. The van der Waals surface area contributed by atoms with Crippen LogP contribution in [0.2, 0.25) is 0 Å². The predicted molar refractivity (Wildman–Crippen MR) is 109 cm³/mol. The van der Waals surface area contributed by atoms with Gasteiger partial charge in [0.15, 0.2) is 0 Å². The molecule has 0 bridgehead atoms. The molecule has 0 aromatic carbocycles. The average molecular weight is 369 g/mol. The van der Waals surface area contributed by atoms with Crippen LogP contribution in [0.4, 0.5) is 0 Å². The van der Waals surface area contributed by atoms with E-state index < -0.39 is 0 Å². The van der Waals surface area contributed by atoms with E-state index >= 15 is 0 Å². The fourth-order valence-corrected chi connectivity index (χ4v) is 4.29. The molecule has 1 aliphatic rings. The van der Waals surface area contributed by atoms with Gasteiger partial charge in [0.2, 0.25) is 0 Å². The van der Waals surface area contributed by atoms with Crippen LogP contribution in [0.3, 0.4) is 0 Å². The van der Waals surface area contributed by atoms with Crippen molar-refractivity contribution >= 4 is 6.47 Å². The van der Waals surface area contributed by atoms with Crippen molar-refractivity contribution in [3.63, 3.8) is 0 Å². The maximum Gasteiger partial charge on any atom is 0.293 e. The molecule has 3 nitrogen and oxygen atoms in total. The van der Waals surface area contributed by atoms with Gasteiger partial charge in [0.1, 0.15) is 0 Å². The predicted octanol–water partition coefficient (Wildman–Crippen LogP) is 6.42. The largest absolute Gasteiger partial charge is 0.468 e. The van der Waals surface area contributed by atoms with Crippen LogP contribution in [-0.2, 0) is 9.53 Å². The lowest BCUT2D eigenvalue weighted by Gasteiger charge is -2.23. The second kappa shape index (κ2) is 12.8. The van der Waals surface area contributed by atoms with E-state index in [9.17, 15) is 9.90 Å². The molecule has 0 amide bonds. The number of hydrogen-bond donors (Lipinski definition) is 1. The first-order valence-corrected chi connectivity index (χ1v) is 11.2. The highest BCUT2D eigenvalue weighted by molar-refractivity contribution is 5.36. The molecular weight excluding hydrogens is 324 g/mol. The first-order valence-electron chi connectivity index (χ1n) is 11.2. The third-order valence-corrected chi connectivity index (χ3v) is 6.34.